The van der Waals surface area contributed by atoms with Crippen molar-refractivity contribution in [3.8, 4) is 0 Å². The molecule has 0 aliphatic carbocycles. The molecule has 0 aliphatic heterocycles. The summed E-state index contributed by atoms with van der Waals surface area (Å²) in [5.41, 5.74) is 34.4. The zero-order valence-electron chi connectivity index (χ0n) is 27.8. The van der Waals surface area contributed by atoms with Gasteiger partial charge in [-0.15, -0.1) is 0 Å². The molecule has 0 unspecified atom stereocenters. The van der Waals surface area contributed by atoms with Crippen molar-refractivity contribution >= 4 is 0 Å². The Morgan fingerprint density at radius 2 is 0.786 bits per heavy atom. The van der Waals surface area contributed by atoms with Crippen molar-refractivity contribution in [2.45, 2.75) is 32.6 Å². The molecule has 0 spiro atoms. The van der Waals surface area contributed by atoms with Crippen LogP contribution in [0.5, 0.6) is 0 Å². The molecule has 0 fully saturated rings. The van der Waals surface area contributed by atoms with Gasteiger partial charge in [0.2, 0.25) is 0 Å². The molecule has 0 saturated heterocycles. The van der Waals surface area contributed by atoms with E-state index in [1.54, 1.807) is 0 Å². The van der Waals surface area contributed by atoms with Crippen LogP contribution in [0, 0.1) is 0 Å². The third-order valence-corrected chi connectivity index (χ3v) is 7.06. The summed E-state index contributed by atoms with van der Waals surface area (Å²) in [5, 5.41) is 10.1. The molecular formula is C29H75N13. The summed E-state index contributed by atoms with van der Waals surface area (Å²) in [6.45, 7) is 23.0. The predicted octanol–water partition coefficient (Wildman–Crippen LogP) is -3.09. The summed E-state index contributed by atoms with van der Waals surface area (Å²) in [4.78, 5) is 9.85. The SMILES string of the molecule is CCCNC.NCCCCCN(CCN(CCN)CCN)CCN(CCNCCN)CCNCCN(CCN)CCN. The van der Waals surface area contributed by atoms with Gasteiger partial charge < -0.3 is 55.3 Å². The standard InChI is InChI=1S/C25H64N12.C4H11N/c26-4-2-1-3-14-34(22-24-36(17-8-30)18-9-31)23-25-37(20-11-32-10-5-27)21-13-33-12-19-35(15-6-28)16-7-29;1-3-4-5-2/h32-33H,1-31H2;5H,3-4H2,1-2H3. The topological polar surface area (TPSA) is 205 Å². The second kappa shape index (κ2) is 36.7. The van der Waals surface area contributed by atoms with Gasteiger partial charge in [-0.25, -0.2) is 0 Å². The van der Waals surface area contributed by atoms with Crippen molar-refractivity contribution < 1.29 is 0 Å². The minimum Gasteiger partial charge on any atom is -0.330 e. The van der Waals surface area contributed by atoms with E-state index in [0.29, 0.717) is 32.7 Å². The van der Waals surface area contributed by atoms with E-state index in [9.17, 15) is 0 Å². The molecule has 0 amide bonds. The molecule has 13 heteroatoms. The van der Waals surface area contributed by atoms with E-state index in [-0.39, 0.29) is 0 Å². The van der Waals surface area contributed by atoms with Crippen molar-refractivity contribution in [3.05, 3.63) is 0 Å². The monoisotopic (exact) mass is 606 g/mol. The predicted molar refractivity (Wildman–Crippen MR) is 184 cm³/mol. The van der Waals surface area contributed by atoms with E-state index in [1.165, 1.54) is 19.3 Å². The number of rotatable bonds is 32. The number of nitrogens with one attached hydrogen (secondary N) is 3. The number of hydrogen-bond acceptors (Lipinski definition) is 13. The molecule has 0 atom stereocenters. The van der Waals surface area contributed by atoms with Crippen LogP contribution in [0.1, 0.15) is 32.6 Å². The fourth-order valence-electron chi connectivity index (χ4n) is 4.61. The highest BCUT2D eigenvalue weighted by Gasteiger charge is 2.12. The molecule has 0 saturated carbocycles. The van der Waals surface area contributed by atoms with Crippen molar-refractivity contribution in [1.82, 2.24) is 35.6 Å². The number of unbranched alkanes of at least 4 members (excludes halogenated alkanes) is 2. The average molecular weight is 606 g/mol. The van der Waals surface area contributed by atoms with E-state index in [0.717, 1.165) is 124 Å². The van der Waals surface area contributed by atoms with E-state index in [2.05, 4.69) is 42.5 Å². The van der Waals surface area contributed by atoms with E-state index >= 15 is 0 Å². The Labute approximate surface area is 260 Å². The van der Waals surface area contributed by atoms with Crippen LogP contribution < -0.4 is 50.4 Å². The Balaban J connectivity index is 0. The van der Waals surface area contributed by atoms with Crippen LogP contribution in [-0.2, 0) is 0 Å². The highest BCUT2D eigenvalue weighted by Crippen LogP contribution is 2.01. The van der Waals surface area contributed by atoms with E-state index in [4.69, 9.17) is 34.4 Å². The summed E-state index contributed by atoms with van der Waals surface area (Å²) in [5.74, 6) is 0. The van der Waals surface area contributed by atoms with Crippen LogP contribution in [0.15, 0.2) is 0 Å². The third-order valence-electron chi connectivity index (χ3n) is 7.06. The second-order valence-electron chi connectivity index (χ2n) is 10.8. The van der Waals surface area contributed by atoms with Gasteiger partial charge in [-0.2, -0.15) is 0 Å². The van der Waals surface area contributed by atoms with Gasteiger partial charge in [0.05, 0.1) is 0 Å². The largest absolute Gasteiger partial charge is 0.330 e. The fourth-order valence-corrected chi connectivity index (χ4v) is 4.61. The van der Waals surface area contributed by atoms with Crippen molar-refractivity contribution in [2.75, 3.05) is 158 Å². The minimum absolute atomic E-state index is 0.669. The lowest BCUT2D eigenvalue weighted by Crippen LogP contribution is -2.45. The fraction of sp³-hybridized carbons (Fsp3) is 1.00. The maximum atomic E-state index is 5.81. The van der Waals surface area contributed by atoms with Gasteiger partial charge in [-0.05, 0) is 45.9 Å². The van der Waals surface area contributed by atoms with Gasteiger partial charge in [0.15, 0.2) is 0 Å². The van der Waals surface area contributed by atoms with Gasteiger partial charge >= 0.3 is 0 Å². The van der Waals surface area contributed by atoms with Gasteiger partial charge in [0.1, 0.15) is 0 Å². The quantitative estimate of drug-likeness (QED) is 0.0349. The summed E-state index contributed by atoms with van der Waals surface area (Å²) in [6.07, 6.45) is 4.70. The van der Waals surface area contributed by atoms with Crippen LogP contribution in [0.4, 0.5) is 0 Å². The number of hydrogen-bond donors (Lipinski definition) is 9. The van der Waals surface area contributed by atoms with Crippen molar-refractivity contribution in [3.63, 3.8) is 0 Å². The van der Waals surface area contributed by atoms with Gasteiger partial charge in [0.25, 0.3) is 0 Å². The molecule has 0 heterocycles. The molecule has 0 aliphatic rings. The first-order chi connectivity index (χ1) is 20.6. The molecule has 42 heavy (non-hydrogen) atoms. The minimum atomic E-state index is 0.669. The first kappa shape index (κ1) is 43.6. The molecule has 13 nitrogen and oxygen atoms in total. The Morgan fingerprint density at radius 1 is 0.381 bits per heavy atom. The van der Waals surface area contributed by atoms with Crippen LogP contribution >= 0.6 is 0 Å². The summed E-state index contributed by atoms with van der Waals surface area (Å²) < 4.78 is 0. The maximum absolute atomic E-state index is 5.81. The molecule has 0 rings (SSSR count). The molecule has 0 bridgehead atoms. The Hall–Kier alpha value is -0.520. The van der Waals surface area contributed by atoms with Crippen LogP contribution in [0.2, 0.25) is 0 Å². The first-order valence-electron chi connectivity index (χ1n) is 16.7. The van der Waals surface area contributed by atoms with Gasteiger partial charge in [-0.3, -0.25) is 14.7 Å². The second-order valence-corrected chi connectivity index (χ2v) is 10.8. The van der Waals surface area contributed by atoms with Crippen LogP contribution in [-0.4, -0.2) is 177 Å². The first-order valence-corrected chi connectivity index (χ1v) is 16.7. The van der Waals surface area contributed by atoms with Gasteiger partial charge in [0, 0.05) is 131 Å². The van der Waals surface area contributed by atoms with Crippen molar-refractivity contribution in [1.29, 1.82) is 0 Å². The highest BCUT2D eigenvalue weighted by molar-refractivity contribution is 4.70. The molecule has 15 N–H and O–H groups in total. The molecule has 256 valence electrons. The van der Waals surface area contributed by atoms with E-state index < -0.39 is 0 Å². The highest BCUT2D eigenvalue weighted by atomic mass is 15.2. The Kier molecular flexibility index (Phi) is 38.1. The molecule has 0 aromatic heterocycles. The summed E-state index contributed by atoms with van der Waals surface area (Å²) in [6, 6.07) is 0. The number of nitrogens with zero attached hydrogens (tertiary/aromatic N) is 4. The molecule has 0 aromatic carbocycles. The summed E-state index contributed by atoms with van der Waals surface area (Å²) >= 11 is 0. The smallest absolute Gasteiger partial charge is 0.0110 e. The van der Waals surface area contributed by atoms with Gasteiger partial charge in [-0.1, -0.05) is 13.3 Å². The van der Waals surface area contributed by atoms with Crippen molar-refractivity contribution in [2.24, 2.45) is 34.4 Å². The molecule has 0 radical (unpaired) electrons. The molecular weight excluding hydrogens is 530 g/mol. The zero-order chi connectivity index (χ0) is 31.5. The lowest BCUT2D eigenvalue weighted by molar-refractivity contribution is 0.175. The lowest BCUT2D eigenvalue weighted by atomic mass is 10.2. The molecule has 0 aromatic rings. The van der Waals surface area contributed by atoms with Crippen LogP contribution in [0.3, 0.4) is 0 Å². The normalized spacial score (nSPS) is 11.7. The van der Waals surface area contributed by atoms with Crippen LogP contribution in [0.25, 0.3) is 0 Å². The maximum Gasteiger partial charge on any atom is 0.0110 e. The third kappa shape index (κ3) is 30.9. The summed E-state index contributed by atoms with van der Waals surface area (Å²) in [7, 11) is 1.96. The Bertz CT molecular complexity index is 476. The lowest BCUT2D eigenvalue weighted by Gasteiger charge is -2.30. The number of nitrogens with two attached hydrogens (primary N) is 6. The van der Waals surface area contributed by atoms with E-state index in [1.807, 2.05) is 7.05 Å². The zero-order valence-corrected chi connectivity index (χ0v) is 27.8. The Morgan fingerprint density at radius 3 is 1.14 bits per heavy atom. The average Bonchev–Trinajstić information content (AvgIpc) is 2.98.